The number of ether oxygens (including phenoxy) is 1. The van der Waals surface area contributed by atoms with Gasteiger partial charge >= 0.3 is 5.97 Å². The number of carbonyl (C=O) groups is 1. The first-order valence-corrected chi connectivity index (χ1v) is 5.30. The van der Waals surface area contributed by atoms with Gasteiger partial charge in [0.15, 0.2) is 0 Å². The summed E-state index contributed by atoms with van der Waals surface area (Å²) < 4.78 is 6.56. The van der Waals surface area contributed by atoms with E-state index >= 15 is 0 Å². The van der Waals surface area contributed by atoms with Gasteiger partial charge < -0.3 is 10.5 Å². The quantitative estimate of drug-likeness (QED) is 0.787. The highest BCUT2D eigenvalue weighted by Crippen LogP contribution is 2.17. The van der Waals surface area contributed by atoms with Crippen molar-refractivity contribution in [1.29, 1.82) is 0 Å². The summed E-state index contributed by atoms with van der Waals surface area (Å²) in [7, 11) is 0. The second kappa shape index (κ2) is 5.01. The van der Waals surface area contributed by atoms with Crippen LogP contribution in [0.5, 0.6) is 0 Å². The average Bonchev–Trinajstić information content (AvgIpc) is 2.48. The van der Waals surface area contributed by atoms with Crippen LogP contribution in [0.4, 0.5) is 5.69 Å². The molecule has 0 bridgehead atoms. The fourth-order valence-electron chi connectivity index (χ4n) is 1.12. The van der Waals surface area contributed by atoms with Gasteiger partial charge in [0, 0.05) is 6.20 Å². The van der Waals surface area contributed by atoms with Gasteiger partial charge in [-0.15, -0.1) is 0 Å². The van der Waals surface area contributed by atoms with Crippen LogP contribution in [0, 0.1) is 5.41 Å². The van der Waals surface area contributed by atoms with Crippen molar-refractivity contribution in [3.05, 3.63) is 12.4 Å². The lowest BCUT2D eigenvalue weighted by atomic mass is 9.93. The molecule has 0 aliphatic heterocycles. The molecule has 5 nitrogen and oxygen atoms in total. The SMILES string of the molecule is CC(C)(C)CCOC(=O)Cn1cc(N)cn1. The Hall–Kier alpha value is -1.52. The molecule has 90 valence electrons. The van der Waals surface area contributed by atoms with Gasteiger partial charge in [-0.3, -0.25) is 9.48 Å². The Labute approximate surface area is 95.6 Å². The monoisotopic (exact) mass is 225 g/mol. The molecule has 0 aromatic carbocycles. The molecule has 0 radical (unpaired) electrons. The van der Waals surface area contributed by atoms with Gasteiger partial charge in [0.1, 0.15) is 6.54 Å². The van der Waals surface area contributed by atoms with Crippen molar-refractivity contribution in [2.24, 2.45) is 5.41 Å². The Kier molecular flexibility index (Phi) is 3.93. The predicted octanol–water partition coefficient (Wildman–Crippen LogP) is 1.44. The van der Waals surface area contributed by atoms with Crippen LogP contribution < -0.4 is 5.73 Å². The van der Waals surface area contributed by atoms with Crippen molar-refractivity contribution in [2.75, 3.05) is 12.3 Å². The summed E-state index contributed by atoms with van der Waals surface area (Å²) in [5.74, 6) is -0.285. The largest absolute Gasteiger partial charge is 0.464 e. The molecule has 0 atom stereocenters. The molecule has 16 heavy (non-hydrogen) atoms. The lowest BCUT2D eigenvalue weighted by molar-refractivity contribution is -0.145. The van der Waals surface area contributed by atoms with Crippen LogP contribution in [0.25, 0.3) is 0 Å². The number of nitrogens with zero attached hydrogens (tertiary/aromatic N) is 2. The first-order chi connectivity index (χ1) is 7.37. The standard InChI is InChI=1S/C11H19N3O2/c1-11(2,3)4-5-16-10(15)8-14-7-9(12)6-13-14/h6-7H,4-5,8,12H2,1-3H3. The van der Waals surface area contributed by atoms with Crippen LogP contribution in [0.15, 0.2) is 12.4 Å². The molecule has 5 heteroatoms. The summed E-state index contributed by atoms with van der Waals surface area (Å²) >= 11 is 0. The average molecular weight is 225 g/mol. The molecule has 0 amide bonds. The molecule has 1 aromatic rings. The van der Waals surface area contributed by atoms with Gasteiger partial charge in [0.25, 0.3) is 0 Å². The summed E-state index contributed by atoms with van der Waals surface area (Å²) in [6.07, 6.45) is 3.95. The normalized spacial score (nSPS) is 11.4. The maximum Gasteiger partial charge on any atom is 0.327 e. The highest BCUT2D eigenvalue weighted by Gasteiger charge is 2.12. The van der Waals surface area contributed by atoms with E-state index in [2.05, 4.69) is 25.9 Å². The summed E-state index contributed by atoms with van der Waals surface area (Å²) in [5, 5.41) is 3.90. The predicted molar refractivity (Wildman–Crippen MR) is 61.7 cm³/mol. The van der Waals surface area contributed by atoms with Gasteiger partial charge in [0.05, 0.1) is 18.5 Å². The van der Waals surface area contributed by atoms with E-state index in [9.17, 15) is 4.79 Å². The number of nitrogen functional groups attached to an aromatic ring is 1. The Morgan fingerprint density at radius 2 is 2.25 bits per heavy atom. The highest BCUT2D eigenvalue weighted by molar-refractivity contribution is 5.69. The minimum Gasteiger partial charge on any atom is -0.464 e. The van der Waals surface area contributed by atoms with E-state index in [1.165, 1.54) is 10.9 Å². The third kappa shape index (κ3) is 4.82. The molecule has 1 aromatic heterocycles. The second-order valence-corrected chi connectivity index (χ2v) is 5.00. The van der Waals surface area contributed by atoms with Gasteiger partial charge in [-0.05, 0) is 11.8 Å². The number of rotatable bonds is 4. The van der Waals surface area contributed by atoms with Gasteiger partial charge in [0.2, 0.25) is 0 Å². The van der Waals surface area contributed by atoms with Crippen LogP contribution in [0.3, 0.4) is 0 Å². The smallest absolute Gasteiger partial charge is 0.327 e. The van der Waals surface area contributed by atoms with Crippen molar-refractivity contribution >= 4 is 11.7 Å². The number of carbonyl (C=O) groups excluding carboxylic acids is 1. The summed E-state index contributed by atoms with van der Waals surface area (Å²) in [6, 6.07) is 0. The van der Waals surface area contributed by atoms with E-state index in [1.807, 2.05) is 0 Å². The molecule has 0 unspecified atom stereocenters. The van der Waals surface area contributed by atoms with Crippen molar-refractivity contribution in [3.8, 4) is 0 Å². The molecule has 0 saturated heterocycles. The lowest BCUT2D eigenvalue weighted by Gasteiger charge is -2.17. The Morgan fingerprint density at radius 3 is 2.75 bits per heavy atom. The third-order valence-electron chi connectivity index (χ3n) is 2.06. The van der Waals surface area contributed by atoms with E-state index < -0.39 is 0 Å². The van der Waals surface area contributed by atoms with Crippen molar-refractivity contribution in [2.45, 2.75) is 33.7 Å². The van der Waals surface area contributed by atoms with Crippen LogP contribution in [0.2, 0.25) is 0 Å². The van der Waals surface area contributed by atoms with E-state index in [4.69, 9.17) is 10.5 Å². The van der Waals surface area contributed by atoms with Crippen LogP contribution >= 0.6 is 0 Å². The van der Waals surface area contributed by atoms with Crippen LogP contribution in [-0.4, -0.2) is 22.4 Å². The van der Waals surface area contributed by atoms with Gasteiger partial charge in [-0.1, -0.05) is 20.8 Å². The lowest BCUT2D eigenvalue weighted by Crippen LogP contribution is -2.17. The molecular weight excluding hydrogens is 206 g/mol. The number of anilines is 1. The van der Waals surface area contributed by atoms with Crippen molar-refractivity contribution in [1.82, 2.24) is 9.78 Å². The number of esters is 1. The summed E-state index contributed by atoms with van der Waals surface area (Å²) in [5.41, 5.74) is 6.20. The van der Waals surface area contributed by atoms with Crippen molar-refractivity contribution < 1.29 is 9.53 Å². The third-order valence-corrected chi connectivity index (χ3v) is 2.06. The fraction of sp³-hybridized carbons (Fsp3) is 0.636. The summed E-state index contributed by atoms with van der Waals surface area (Å²) in [6.45, 7) is 6.87. The van der Waals surface area contributed by atoms with E-state index in [1.54, 1.807) is 6.20 Å². The molecular formula is C11H19N3O2. The highest BCUT2D eigenvalue weighted by atomic mass is 16.5. The molecule has 0 aliphatic rings. The molecule has 0 aliphatic carbocycles. The fourth-order valence-corrected chi connectivity index (χ4v) is 1.12. The number of hydrogen-bond acceptors (Lipinski definition) is 4. The first kappa shape index (κ1) is 12.5. The molecule has 1 rings (SSSR count). The summed E-state index contributed by atoms with van der Waals surface area (Å²) in [4.78, 5) is 11.4. The number of hydrogen-bond donors (Lipinski definition) is 1. The topological polar surface area (TPSA) is 70.1 Å². The van der Waals surface area contributed by atoms with Gasteiger partial charge in [-0.25, -0.2) is 0 Å². The Bertz CT molecular complexity index is 352. The van der Waals surface area contributed by atoms with E-state index in [0.717, 1.165) is 6.42 Å². The maximum atomic E-state index is 11.4. The van der Waals surface area contributed by atoms with Crippen LogP contribution in [0.1, 0.15) is 27.2 Å². The first-order valence-electron chi connectivity index (χ1n) is 5.30. The minimum atomic E-state index is -0.285. The van der Waals surface area contributed by atoms with Crippen LogP contribution in [-0.2, 0) is 16.1 Å². The molecule has 1 heterocycles. The maximum absolute atomic E-state index is 11.4. The zero-order valence-corrected chi connectivity index (χ0v) is 10.1. The molecule has 0 spiro atoms. The Balaban J connectivity index is 2.26. The zero-order chi connectivity index (χ0) is 12.2. The van der Waals surface area contributed by atoms with E-state index in [-0.39, 0.29) is 17.9 Å². The minimum absolute atomic E-state index is 0.112. The Morgan fingerprint density at radius 1 is 1.56 bits per heavy atom. The van der Waals surface area contributed by atoms with Crippen molar-refractivity contribution in [3.63, 3.8) is 0 Å². The molecule has 0 fully saturated rings. The number of nitrogens with two attached hydrogens (primary N) is 1. The zero-order valence-electron chi connectivity index (χ0n) is 10.1. The molecule has 2 N–H and O–H groups in total. The number of aromatic nitrogens is 2. The van der Waals surface area contributed by atoms with Gasteiger partial charge in [-0.2, -0.15) is 5.10 Å². The second-order valence-electron chi connectivity index (χ2n) is 5.00. The van der Waals surface area contributed by atoms with E-state index in [0.29, 0.717) is 12.3 Å². The molecule has 0 saturated carbocycles.